The lowest BCUT2D eigenvalue weighted by molar-refractivity contribution is 0.352. The number of hydrogen-bond donors (Lipinski definition) is 0. The van der Waals surface area contributed by atoms with Gasteiger partial charge in [0.2, 0.25) is 0 Å². The molecule has 3 aromatic carbocycles. The van der Waals surface area contributed by atoms with Crippen LogP contribution in [0.5, 0.6) is 0 Å². The molecule has 3 aromatic rings. The summed E-state index contributed by atoms with van der Waals surface area (Å²) in [4.78, 5) is 0. The van der Waals surface area contributed by atoms with Gasteiger partial charge in [-0.05, 0) is 86.3 Å². The molecule has 4 atom stereocenters. The molecule has 0 spiro atoms. The molecule has 0 nitrogen and oxygen atoms in total. The topological polar surface area (TPSA) is 0 Å². The third-order valence-corrected chi connectivity index (χ3v) is 14.8. The van der Waals surface area contributed by atoms with Gasteiger partial charge in [0.05, 0.1) is 0 Å². The SMILES string of the molecule is Cc1cc(C)cc([Si](c2cc(C)cc(C)c2)(c2cc(C)cc(C)c2)C2C(C)C(C)C(C)C2C)c1. The summed E-state index contributed by atoms with van der Waals surface area (Å²) in [7, 11) is -2.39. The summed E-state index contributed by atoms with van der Waals surface area (Å²) in [5.41, 5.74) is 8.99. The van der Waals surface area contributed by atoms with Gasteiger partial charge in [-0.25, -0.2) is 0 Å². The molecule has 0 bridgehead atoms. The van der Waals surface area contributed by atoms with Crippen molar-refractivity contribution in [3.63, 3.8) is 0 Å². The van der Waals surface area contributed by atoms with E-state index in [1.165, 1.54) is 33.4 Å². The molecule has 1 aliphatic carbocycles. The molecular weight excluding hydrogens is 424 g/mol. The first kappa shape index (κ1) is 25.0. The van der Waals surface area contributed by atoms with E-state index in [2.05, 4.69) is 124 Å². The fraction of sp³-hybridized carbons (Fsp3) is 0.455. The Labute approximate surface area is 209 Å². The zero-order valence-electron chi connectivity index (χ0n) is 23.1. The largest absolute Gasteiger partial charge is 0.151 e. The smallest absolute Gasteiger partial charge is 0.0622 e. The van der Waals surface area contributed by atoms with Crippen LogP contribution in [0.25, 0.3) is 0 Å². The summed E-state index contributed by atoms with van der Waals surface area (Å²) < 4.78 is 0. The van der Waals surface area contributed by atoms with Crippen LogP contribution in [0.15, 0.2) is 54.6 Å². The first-order chi connectivity index (χ1) is 15.9. The van der Waals surface area contributed by atoms with Gasteiger partial charge in [-0.1, -0.05) is 116 Å². The Morgan fingerprint density at radius 1 is 0.382 bits per heavy atom. The van der Waals surface area contributed by atoms with Crippen molar-refractivity contribution >= 4 is 23.6 Å². The maximum absolute atomic E-state index is 2.56. The summed E-state index contributed by atoms with van der Waals surface area (Å²) >= 11 is 0. The van der Waals surface area contributed by atoms with Crippen LogP contribution in [0.4, 0.5) is 0 Å². The normalized spacial score (nSPS) is 25.1. The minimum absolute atomic E-state index is 0.654. The molecule has 34 heavy (non-hydrogen) atoms. The van der Waals surface area contributed by atoms with E-state index in [9.17, 15) is 0 Å². The molecular formula is C33H44Si. The Bertz CT molecular complexity index is 1000. The van der Waals surface area contributed by atoms with Crippen LogP contribution in [0.1, 0.15) is 61.1 Å². The average Bonchev–Trinajstić information content (AvgIpc) is 2.91. The third-order valence-electron chi connectivity index (χ3n) is 9.15. The molecule has 0 radical (unpaired) electrons. The van der Waals surface area contributed by atoms with Gasteiger partial charge in [-0.15, -0.1) is 0 Å². The molecule has 1 saturated carbocycles. The van der Waals surface area contributed by atoms with Gasteiger partial charge >= 0.3 is 0 Å². The molecule has 0 heterocycles. The first-order valence-electron chi connectivity index (χ1n) is 13.2. The summed E-state index contributed by atoms with van der Waals surface area (Å²) in [6.45, 7) is 23.8. The standard InChI is InChI=1S/C33H44Si/c1-20-11-21(2)15-30(14-20)34(31-16-22(3)12-23(4)17-31,32-18-24(5)13-25(6)19-32)33-28(9)26(7)27(8)29(33)10/h11-19,26-29,33H,1-10H3. The van der Waals surface area contributed by atoms with Crippen molar-refractivity contribution in [1.82, 2.24) is 0 Å². The molecule has 0 aromatic heterocycles. The van der Waals surface area contributed by atoms with E-state index in [0.717, 1.165) is 11.8 Å². The Morgan fingerprint density at radius 2 is 0.618 bits per heavy atom. The summed E-state index contributed by atoms with van der Waals surface area (Å²) in [6, 6.07) is 22.3. The molecule has 1 heteroatoms. The highest BCUT2D eigenvalue weighted by Crippen LogP contribution is 2.53. The van der Waals surface area contributed by atoms with Gasteiger partial charge in [0.15, 0.2) is 8.07 Å². The van der Waals surface area contributed by atoms with E-state index in [4.69, 9.17) is 0 Å². The Kier molecular flexibility index (Phi) is 6.73. The molecule has 1 fully saturated rings. The Morgan fingerprint density at radius 3 is 0.853 bits per heavy atom. The maximum atomic E-state index is 2.56. The first-order valence-corrected chi connectivity index (χ1v) is 15.3. The van der Waals surface area contributed by atoms with E-state index in [-0.39, 0.29) is 0 Å². The lowest BCUT2D eigenvalue weighted by atomic mass is 9.92. The zero-order valence-corrected chi connectivity index (χ0v) is 24.1. The second-order valence-electron chi connectivity index (χ2n) is 11.9. The number of aryl methyl sites for hydroxylation is 6. The molecule has 4 rings (SSSR count). The minimum atomic E-state index is -2.39. The van der Waals surface area contributed by atoms with Gasteiger partial charge in [-0.2, -0.15) is 0 Å². The second-order valence-corrected chi connectivity index (χ2v) is 15.9. The molecule has 1 aliphatic rings. The molecule has 4 unspecified atom stereocenters. The number of hydrogen-bond acceptors (Lipinski definition) is 0. The van der Waals surface area contributed by atoms with Crippen LogP contribution < -0.4 is 15.6 Å². The van der Waals surface area contributed by atoms with Crippen molar-refractivity contribution in [2.24, 2.45) is 23.7 Å². The predicted molar refractivity (Wildman–Crippen MR) is 153 cm³/mol. The number of benzene rings is 3. The van der Waals surface area contributed by atoms with Crippen molar-refractivity contribution < 1.29 is 0 Å². The average molecular weight is 469 g/mol. The lowest BCUT2D eigenvalue weighted by Gasteiger charge is -2.44. The second kappa shape index (κ2) is 9.15. The van der Waals surface area contributed by atoms with Crippen LogP contribution >= 0.6 is 0 Å². The molecule has 0 saturated heterocycles. The van der Waals surface area contributed by atoms with Crippen molar-refractivity contribution in [2.45, 2.75) is 74.8 Å². The molecule has 180 valence electrons. The van der Waals surface area contributed by atoms with E-state index < -0.39 is 8.07 Å². The predicted octanol–water partition coefficient (Wildman–Crippen LogP) is 6.94. The fourth-order valence-corrected chi connectivity index (χ4v) is 14.6. The maximum Gasteiger partial charge on any atom is 0.151 e. The van der Waals surface area contributed by atoms with Crippen molar-refractivity contribution in [3.05, 3.63) is 88.0 Å². The molecule has 0 N–H and O–H groups in total. The van der Waals surface area contributed by atoms with Crippen LogP contribution in [0.3, 0.4) is 0 Å². The monoisotopic (exact) mass is 468 g/mol. The van der Waals surface area contributed by atoms with Crippen molar-refractivity contribution in [2.75, 3.05) is 0 Å². The van der Waals surface area contributed by atoms with Gasteiger partial charge in [0.25, 0.3) is 0 Å². The van der Waals surface area contributed by atoms with Crippen molar-refractivity contribution in [1.29, 1.82) is 0 Å². The van der Waals surface area contributed by atoms with Gasteiger partial charge in [0.1, 0.15) is 0 Å². The highest BCUT2D eigenvalue weighted by Gasteiger charge is 2.56. The third kappa shape index (κ3) is 4.11. The lowest BCUT2D eigenvalue weighted by Crippen LogP contribution is -2.71. The zero-order chi connectivity index (χ0) is 24.9. The van der Waals surface area contributed by atoms with Gasteiger partial charge in [0, 0.05) is 0 Å². The molecule has 0 aliphatic heterocycles. The summed E-state index contributed by atoms with van der Waals surface area (Å²) in [5.74, 6) is 2.82. The minimum Gasteiger partial charge on any atom is -0.0622 e. The Hall–Kier alpha value is -2.12. The highest BCUT2D eigenvalue weighted by atomic mass is 28.3. The van der Waals surface area contributed by atoms with E-state index >= 15 is 0 Å². The van der Waals surface area contributed by atoms with Crippen molar-refractivity contribution in [3.8, 4) is 0 Å². The van der Waals surface area contributed by atoms with Crippen LogP contribution in [-0.2, 0) is 0 Å². The Balaban J connectivity index is 2.22. The summed E-state index contributed by atoms with van der Waals surface area (Å²) in [6.07, 6.45) is 0. The van der Waals surface area contributed by atoms with Gasteiger partial charge in [-0.3, -0.25) is 0 Å². The highest BCUT2D eigenvalue weighted by molar-refractivity contribution is 7.12. The van der Waals surface area contributed by atoms with Crippen LogP contribution in [-0.4, -0.2) is 8.07 Å². The fourth-order valence-electron chi connectivity index (χ4n) is 7.56. The van der Waals surface area contributed by atoms with Crippen LogP contribution in [0, 0.1) is 65.2 Å². The quantitative estimate of drug-likeness (QED) is 0.287. The van der Waals surface area contributed by atoms with E-state index in [1.807, 2.05) is 0 Å². The van der Waals surface area contributed by atoms with E-state index in [1.54, 1.807) is 15.6 Å². The van der Waals surface area contributed by atoms with E-state index in [0.29, 0.717) is 17.4 Å². The number of rotatable bonds is 4. The van der Waals surface area contributed by atoms with Crippen LogP contribution in [0.2, 0.25) is 5.54 Å². The van der Waals surface area contributed by atoms with Gasteiger partial charge < -0.3 is 0 Å². The molecule has 0 amide bonds. The summed E-state index contributed by atoms with van der Waals surface area (Å²) in [5, 5.41) is 4.81.